The smallest absolute Gasteiger partial charge is 0.193 e. The third-order valence-electron chi connectivity index (χ3n) is 2.27. The van der Waals surface area contributed by atoms with Crippen LogP contribution in [0.15, 0.2) is 21.2 Å². The molecule has 0 bridgehead atoms. The molecule has 0 saturated heterocycles. The zero-order valence-electron chi connectivity index (χ0n) is 8.74. The van der Waals surface area contributed by atoms with E-state index in [1.165, 1.54) is 0 Å². The molecule has 5 nitrogen and oxygen atoms in total. The maximum Gasteiger partial charge on any atom is 0.193 e. The van der Waals surface area contributed by atoms with Crippen LogP contribution >= 0.6 is 27.5 Å². The highest BCUT2D eigenvalue weighted by molar-refractivity contribution is 9.10. The van der Waals surface area contributed by atoms with Crippen LogP contribution in [-0.2, 0) is 7.05 Å². The Morgan fingerprint density at radius 3 is 2.75 bits per heavy atom. The van der Waals surface area contributed by atoms with Gasteiger partial charge in [-0.3, -0.25) is 0 Å². The fraction of sp³-hybridized carbons (Fsp3) is 0.333. The van der Waals surface area contributed by atoms with Gasteiger partial charge in [-0.25, -0.2) is 4.68 Å². The predicted molar refractivity (Wildman–Crippen MR) is 63.3 cm³/mol. The molecule has 2 aromatic heterocycles. The summed E-state index contributed by atoms with van der Waals surface area (Å²) in [6, 6.07) is 3.39. The van der Waals surface area contributed by atoms with Crippen LogP contribution in [0.1, 0.15) is 17.5 Å². The van der Waals surface area contributed by atoms with Crippen molar-refractivity contribution in [3.63, 3.8) is 0 Å². The summed E-state index contributed by atoms with van der Waals surface area (Å²) in [5.41, 5.74) is 0.883. The molecule has 0 aliphatic carbocycles. The van der Waals surface area contributed by atoms with E-state index in [0.717, 1.165) is 11.5 Å². The molecule has 2 aromatic rings. The number of hydrogen-bond acceptors (Lipinski definition) is 4. The van der Waals surface area contributed by atoms with E-state index in [4.69, 9.17) is 16.0 Å². The van der Waals surface area contributed by atoms with Gasteiger partial charge in [-0.05, 0) is 46.7 Å². The standard InChI is InChI=1S/C9H10BrClN4O/c1-12-7(5-3-4-6(11)16-5)8-9(10)13-14-15(8)2/h3-4,7,12H,1-2H3. The highest BCUT2D eigenvalue weighted by Crippen LogP contribution is 2.28. The van der Waals surface area contributed by atoms with Gasteiger partial charge in [0.25, 0.3) is 0 Å². The van der Waals surface area contributed by atoms with E-state index in [1.807, 2.05) is 20.2 Å². The molecule has 0 radical (unpaired) electrons. The van der Waals surface area contributed by atoms with Crippen molar-refractivity contribution in [1.29, 1.82) is 0 Å². The molecule has 0 fully saturated rings. The number of rotatable bonds is 3. The lowest BCUT2D eigenvalue weighted by molar-refractivity contribution is 0.449. The minimum absolute atomic E-state index is 0.137. The molecular formula is C9H10BrClN4O. The van der Waals surface area contributed by atoms with Crippen molar-refractivity contribution in [2.45, 2.75) is 6.04 Å². The van der Waals surface area contributed by atoms with Crippen molar-refractivity contribution >= 4 is 27.5 Å². The van der Waals surface area contributed by atoms with E-state index >= 15 is 0 Å². The first-order valence-electron chi connectivity index (χ1n) is 4.61. The van der Waals surface area contributed by atoms with Crippen LogP contribution in [0.4, 0.5) is 0 Å². The molecular weight excluding hydrogens is 295 g/mol. The summed E-state index contributed by atoms with van der Waals surface area (Å²) in [5, 5.41) is 11.3. The zero-order valence-corrected chi connectivity index (χ0v) is 11.1. The maximum atomic E-state index is 5.76. The lowest BCUT2D eigenvalue weighted by Crippen LogP contribution is -2.20. The van der Waals surface area contributed by atoms with E-state index in [0.29, 0.717) is 9.82 Å². The molecule has 2 heterocycles. The van der Waals surface area contributed by atoms with Gasteiger partial charge in [0.1, 0.15) is 11.8 Å². The largest absolute Gasteiger partial charge is 0.448 e. The van der Waals surface area contributed by atoms with Crippen LogP contribution in [-0.4, -0.2) is 22.0 Å². The molecule has 0 aliphatic heterocycles. The van der Waals surface area contributed by atoms with Gasteiger partial charge in [-0.2, -0.15) is 0 Å². The molecule has 0 saturated carbocycles. The molecule has 2 rings (SSSR count). The molecule has 16 heavy (non-hydrogen) atoms. The quantitative estimate of drug-likeness (QED) is 0.944. The number of aromatic nitrogens is 3. The highest BCUT2D eigenvalue weighted by Gasteiger charge is 2.23. The second-order valence-corrected chi connectivity index (χ2v) is 4.38. The second-order valence-electron chi connectivity index (χ2n) is 3.25. The topological polar surface area (TPSA) is 55.9 Å². The number of halogens is 2. The Labute approximate surface area is 106 Å². The van der Waals surface area contributed by atoms with Crippen LogP contribution < -0.4 is 5.32 Å². The van der Waals surface area contributed by atoms with Crippen LogP contribution in [0.2, 0.25) is 5.22 Å². The number of hydrogen-bond donors (Lipinski definition) is 1. The summed E-state index contributed by atoms with van der Waals surface area (Å²) in [6.07, 6.45) is 0. The fourth-order valence-electron chi connectivity index (χ4n) is 1.54. The summed E-state index contributed by atoms with van der Waals surface area (Å²) >= 11 is 9.11. The molecule has 0 spiro atoms. The third-order valence-corrected chi connectivity index (χ3v) is 3.04. The number of aryl methyl sites for hydroxylation is 1. The third kappa shape index (κ3) is 2.00. The Morgan fingerprint density at radius 2 is 2.31 bits per heavy atom. The van der Waals surface area contributed by atoms with Crippen LogP contribution in [0.3, 0.4) is 0 Å². The monoisotopic (exact) mass is 304 g/mol. The van der Waals surface area contributed by atoms with Gasteiger partial charge in [0.2, 0.25) is 0 Å². The molecule has 1 unspecified atom stereocenters. The van der Waals surface area contributed by atoms with Crippen molar-refractivity contribution in [3.8, 4) is 0 Å². The first-order valence-corrected chi connectivity index (χ1v) is 5.78. The first kappa shape index (κ1) is 11.6. The second kappa shape index (κ2) is 4.57. The van der Waals surface area contributed by atoms with Crippen LogP contribution in [0.25, 0.3) is 0 Å². The zero-order chi connectivity index (χ0) is 11.7. The first-order chi connectivity index (χ1) is 7.63. The summed E-state index contributed by atoms with van der Waals surface area (Å²) < 4.78 is 7.75. The van der Waals surface area contributed by atoms with Crippen molar-refractivity contribution in [3.05, 3.63) is 33.4 Å². The molecule has 0 amide bonds. The summed E-state index contributed by atoms with van der Waals surface area (Å²) in [5.74, 6) is 0.721. The fourth-order valence-corrected chi connectivity index (χ4v) is 2.25. The van der Waals surface area contributed by atoms with E-state index in [1.54, 1.807) is 10.7 Å². The van der Waals surface area contributed by atoms with Crippen LogP contribution in [0.5, 0.6) is 0 Å². The van der Waals surface area contributed by atoms with Gasteiger partial charge in [0, 0.05) is 7.05 Å². The average Bonchev–Trinajstić information content (AvgIpc) is 2.80. The Balaban J connectivity index is 2.44. The summed E-state index contributed by atoms with van der Waals surface area (Å²) in [6.45, 7) is 0. The average molecular weight is 306 g/mol. The predicted octanol–water partition coefficient (Wildman–Crippen LogP) is 2.13. The number of nitrogens with one attached hydrogen (secondary N) is 1. The minimum atomic E-state index is -0.137. The summed E-state index contributed by atoms with van der Waals surface area (Å²) in [4.78, 5) is 0. The Morgan fingerprint density at radius 1 is 1.56 bits per heavy atom. The molecule has 1 atom stereocenters. The van der Waals surface area contributed by atoms with Gasteiger partial charge in [0.15, 0.2) is 9.82 Å². The normalized spacial score (nSPS) is 13.0. The number of furan rings is 1. The number of nitrogens with zero attached hydrogens (tertiary/aromatic N) is 3. The lowest BCUT2D eigenvalue weighted by atomic mass is 10.1. The van der Waals surface area contributed by atoms with E-state index in [-0.39, 0.29) is 6.04 Å². The minimum Gasteiger partial charge on any atom is -0.448 e. The van der Waals surface area contributed by atoms with Crippen molar-refractivity contribution in [2.75, 3.05) is 7.05 Å². The Bertz CT molecular complexity index is 476. The van der Waals surface area contributed by atoms with E-state index in [9.17, 15) is 0 Å². The Hall–Kier alpha value is -0.850. The Kier molecular flexibility index (Phi) is 3.32. The van der Waals surface area contributed by atoms with Gasteiger partial charge in [-0.1, -0.05) is 5.21 Å². The van der Waals surface area contributed by atoms with E-state index < -0.39 is 0 Å². The van der Waals surface area contributed by atoms with Gasteiger partial charge in [-0.15, -0.1) is 5.10 Å². The van der Waals surface area contributed by atoms with Crippen LogP contribution in [0, 0.1) is 0 Å². The molecule has 1 N–H and O–H groups in total. The van der Waals surface area contributed by atoms with E-state index in [2.05, 4.69) is 31.6 Å². The van der Waals surface area contributed by atoms with Crippen molar-refractivity contribution in [2.24, 2.45) is 7.05 Å². The van der Waals surface area contributed by atoms with Crippen molar-refractivity contribution < 1.29 is 4.42 Å². The molecule has 0 aromatic carbocycles. The van der Waals surface area contributed by atoms with Gasteiger partial charge < -0.3 is 9.73 Å². The van der Waals surface area contributed by atoms with Crippen molar-refractivity contribution in [1.82, 2.24) is 20.3 Å². The highest BCUT2D eigenvalue weighted by atomic mass is 79.9. The van der Waals surface area contributed by atoms with Gasteiger partial charge in [0.05, 0.1) is 5.69 Å². The molecule has 7 heteroatoms. The maximum absolute atomic E-state index is 5.76. The molecule has 0 aliphatic rings. The SMILES string of the molecule is CNC(c1ccc(Cl)o1)c1c(Br)nnn1C. The lowest BCUT2D eigenvalue weighted by Gasteiger charge is -2.13. The summed E-state index contributed by atoms with van der Waals surface area (Å²) in [7, 11) is 3.66. The van der Waals surface area contributed by atoms with Gasteiger partial charge >= 0.3 is 0 Å². The molecule has 86 valence electrons.